The fourth-order valence-electron chi connectivity index (χ4n) is 2.06. The molecule has 114 valence electrons. The second kappa shape index (κ2) is 7.09. The Morgan fingerprint density at radius 2 is 2.00 bits per heavy atom. The van der Waals surface area contributed by atoms with Crippen LogP contribution in [0.1, 0.15) is 26.3 Å². The van der Waals surface area contributed by atoms with Crippen molar-refractivity contribution in [2.45, 2.75) is 11.9 Å². The van der Waals surface area contributed by atoms with E-state index in [1.807, 2.05) is 6.26 Å². The Balaban J connectivity index is 2.37. The molecule has 1 aromatic heterocycles. The number of nitrogens with one attached hydrogen (secondary N) is 1. The average Bonchev–Trinajstić information content (AvgIpc) is 2.54. The molecule has 1 heterocycles. The van der Waals surface area contributed by atoms with Crippen molar-refractivity contribution < 1.29 is 14.3 Å². The van der Waals surface area contributed by atoms with Gasteiger partial charge in [0.1, 0.15) is 5.03 Å². The van der Waals surface area contributed by atoms with E-state index in [4.69, 9.17) is 4.74 Å². The Morgan fingerprint density at radius 3 is 2.68 bits per heavy atom. The molecule has 0 bridgehead atoms. The van der Waals surface area contributed by atoms with Gasteiger partial charge < -0.3 is 10.1 Å². The highest BCUT2D eigenvalue weighted by Crippen LogP contribution is 2.23. The number of rotatable bonds is 4. The molecule has 0 aliphatic rings. The molecular weight excluding hydrogens is 300 g/mol. The van der Waals surface area contributed by atoms with E-state index in [2.05, 4.69) is 10.3 Å². The number of amides is 1. The van der Waals surface area contributed by atoms with Gasteiger partial charge in [0, 0.05) is 6.20 Å². The van der Waals surface area contributed by atoms with Gasteiger partial charge >= 0.3 is 5.97 Å². The van der Waals surface area contributed by atoms with Crippen molar-refractivity contribution in [3.63, 3.8) is 0 Å². The maximum atomic E-state index is 12.5. The molecule has 1 amide bonds. The van der Waals surface area contributed by atoms with Crippen LogP contribution in [-0.4, -0.2) is 30.2 Å². The van der Waals surface area contributed by atoms with Crippen molar-refractivity contribution in [1.29, 1.82) is 0 Å². The Morgan fingerprint density at radius 1 is 1.23 bits per heavy atom. The van der Waals surface area contributed by atoms with Crippen LogP contribution in [-0.2, 0) is 4.74 Å². The summed E-state index contributed by atoms with van der Waals surface area (Å²) >= 11 is 1.39. The Kier molecular flexibility index (Phi) is 5.16. The Hall–Kier alpha value is -2.34. The molecule has 0 unspecified atom stereocenters. The SMILES string of the molecule is COC(=O)c1c(C)cccc1NC(=O)c1cccnc1SC. The number of pyridine rings is 1. The van der Waals surface area contributed by atoms with Crippen LogP contribution < -0.4 is 5.32 Å². The van der Waals surface area contributed by atoms with E-state index in [1.54, 1.807) is 43.5 Å². The van der Waals surface area contributed by atoms with Crippen molar-refractivity contribution in [2.75, 3.05) is 18.7 Å². The van der Waals surface area contributed by atoms with Gasteiger partial charge in [-0.05, 0) is 36.9 Å². The summed E-state index contributed by atoms with van der Waals surface area (Å²) in [6.07, 6.45) is 3.49. The number of aryl methyl sites for hydroxylation is 1. The number of nitrogens with zero attached hydrogens (tertiary/aromatic N) is 1. The predicted octanol–water partition coefficient (Wildman–Crippen LogP) is 3.15. The number of carbonyl (C=O) groups excluding carboxylic acids is 2. The van der Waals surface area contributed by atoms with Crippen LogP contribution >= 0.6 is 11.8 Å². The lowest BCUT2D eigenvalue weighted by Crippen LogP contribution is -2.17. The van der Waals surface area contributed by atoms with Gasteiger partial charge in [-0.25, -0.2) is 9.78 Å². The van der Waals surface area contributed by atoms with Gasteiger partial charge in [0.2, 0.25) is 0 Å². The second-order valence-corrected chi connectivity index (χ2v) is 5.30. The number of methoxy groups -OCH3 is 1. The van der Waals surface area contributed by atoms with Crippen LogP contribution in [0.4, 0.5) is 5.69 Å². The molecule has 1 aromatic carbocycles. The Labute approximate surface area is 133 Å². The van der Waals surface area contributed by atoms with Gasteiger partial charge in [0.25, 0.3) is 5.91 Å². The molecule has 6 heteroatoms. The lowest BCUT2D eigenvalue weighted by atomic mass is 10.1. The minimum absolute atomic E-state index is 0.312. The normalized spacial score (nSPS) is 10.1. The molecule has 2 rings (SSSR count). The number of thioether (sulfide) groups is 1. The van der Waals surface area contributed by atoms with Gasteiger partial charge in [-0.1, -0.05) is 12.1 Å². The number of aromatic nitrogens is 1. The van der Waals surface area contributed by atoms with Crippen molar-refractivity contribution in [3.05, 3.63) is 53.2 Å². The van der Waals surface area contributed by atoms with E-state index < -0.39 is 5.97 Å². The summed E-state index contributed by atoms with van der Waals surface area (Å²) < 4.78 is 4.78. The summed E-state index contributed by atoms with van der Waals surface area (Å²) in [5.41, 5.74) is 1.98. The van der Waals surface area contributed by atoms with Crippen LogP contribution in [0.2, 0.25) is 0 Å². The summed E-state index contributed by atoms with van der Waals surface area (Å²) in [4.78, 5) is 28.5. The molecule has 1 N–H and O–H groups in total. The number of anilines is 1. The summed E-state index contributed by atoms with van der Waals surface area (Å²) in [7, 11) is 1.31. The lowest BCUT2D eigenvalue weighted by molar-refractivity contribution is 0.0601. The number of hydrogen-bond donors (Lipinski definition) is 1. The van der Waals surface area contributed by atoms with Gasteiger partial charge in [-0.3, -0.25) is 4.79 Å². The first-order chi connectivity index (χ1) is 10.6. The van der Waals surface area contributed by atoms with Crippen LogP contribution in [0, 0.1) is 6.92 Å². The molecule has 0 fully saturated rings. The highest BCUT2D eigenvalue weighted by atomic mass is 32.2. The van der Waals surface area contributed by atoms with Crippen LogP contribution in [0.5, 0.6) is 0 Å². The smallest absolute Gasteiger partial charge is 0.340 e. The largest absolute Gasteiger partial charge is 0.465 e. The minimum atomic E-state index is -0.482. The monoisotopic (exact) mass is 316 g/mol. The van der Waals surface area contributed by atoms with Crippen molar-refractivity contribution in [3.8, 4) is 0 Å². The van der Waals surface area contributed by atoms with E-state index in [-0.39, 0.29) is 5.91 Å². The lowest BCUT2D eigenvalue weighted by Gasteiger charge is -2.13. The van der Waals surface area contributed by atoms with Crippen LogP contribution in [0.15, 0.2) is 41.6 Å². The van der Waals surface area contributed by atoms with E-state index in [1.165, 1.54) is 18.9 Å². The number of carbonyl (C=O) groups is 2. The first-order valence-electron chi connectivity index (χ1n) is 6.56. The number of ether oxygens (including phenoxy) is 1. The van der Waals surface area contributed by atoms with Crippen molar-refractivity contribution >= 4 is 29.3 Å². The summed E-state index contributed by atoms with van der Waals surface area (Å²) in [6.45, 7) is 1.79. The fourth-order valence-corrected chi connectivity index (χ4v) is 2.61. The topological polar surface area (TPSA) is 68.3 Å². The molecule has 0 spiro atoms. The molecule has 0 radical (unpaired) electrons. The zero-order chi connectivity index (χ0) is 16.1. The average molecular weight is 316 g/mol. The minimum Gasteiger partial charge on any atom is -0.465 e. The fraction of sp³-hybridized carbons (Fsp3) is 0.188. The number of hydrogen-bond acceptors (Lipinski definition) is 5. The van der Waals surface area contributed by atoms with Crippen LogP contribution in [0.3, 0.4) is 0 Å². The number of esters is 1. The third kappa shape index (κ3) is 3.28. The van der Waals surface area contributed by atoms with Gasteiger partial charge in [-0.2, -0.15) is 0 Å². The summed E-state index contributed by atoms with van der Waals surface area (Å²) in [5, 5.41) is 3.40. The van der Waals surface area contributed by atoms with Crippen molar-refractivity contribution in [2.24, 2.45) is 0 Å². The zero-order valence-electron chi connectivity index (χ0n) is 12.5. The molecule has 2 aromatic rings. The molecule has 0 aliphatic heterocycles. The molecule has 0 atom stereocenters. The maximum absolute atomic E-state index is 12.5. The van der Waals surface area contributed by atoms with E-state index in [0.717, 1.165) is 5.56 Å². The van der Waals surface area contributed by atoms with Crippen LogP contribution in [0.25, 0.3) is 0 Å². The molecule has 5 nitrogen and oxygen atoms in total. The molecule has 0 aliphatic carbocycles. The second-order valence-electron chi connectivity index (χ2n) is 4.50. The van der Waals surface area contributed by atoms with E-state index in [9.17, 15) is 9.59 Å². The Bertz CT molecular complexity index is 716. The number of benzene rings is 1. The van der Waals surface area contributed by atoms with Crippen molar-refractivity contribution in [1.82, 2.24) is 4.98 Å². The van der Waals surface area contributed by atoms with Gasteiger partial charge in [0.05, 0.1) is 23.9 Å². The molecule has 0 saturated carbocycles. The predicted molar refractivity (Wildman–Crippen MR) is 86.5 cm³/mol. The van der Waals surface area contributed by atoms with E-state index >= 15 is 0 Å². The van der Waals surface area contributed by atoms with Gasteiger partial charge in [0.15, 0.2) is 0 Å². The van der Waals surface area contributed by atoms with Gasteiger partial charge in [-0.15, -0.1) is 11.8 Å². The third-order valence-corrected chi connectivity index (χ3v) is 3.83. The highest BCUT2D eigenvalue weighted by Gasteiger charge is 2.18. The molecular formula is C16H16N2O3S. The summed E-state index contributed by atoms with van der Waals surface area (Å²) in [5.74, 6) is -0.794. The first kappa shape index (κ1) is 16.0. The standard InChI is InChI=1S/C16H16N2O3S/c1-10-6-4-8-12(13(10)16(20)21-2)18-14(19)11-7-5-9-17-15(11)22-3/h4-9H,1-3H3,(H,18,19). The highest BCUT2D eigenvalue weighted by molar-refractivity contribution is 7.98. The first-order valence-corrected chi connectivity index (χ1v) is 7.79. The third-order valence-electron chi connectivity index (χ3n) is 3.12. The van der Waals surface area contributed by atoms with E-state index in [0.29, 0.717) is 21.8 Å². The summed E-state index contributed by atoms with van der Waals surface area (Å²) in [6, 6.07) is 8.63. The maximum Gasteiger partial charge on any atom is 0.340 e. The molecule has 22 heavy (non-hydrogen) atoms. The quantitative estimate of drug-likeness (QED) is 0.693. The molecule has 0 saturated heterocycles. The zero-order valence-corrected chi connectivity index (χ0v) is 13.4.